The Morgan fingerprint density at radius 1 is 1.12 bits per heavy atom. The molecule has 0 saturated carbocycles. The van der Waals surface area contributed by atoms with Gasteiger partial charge in [0.25, 0.3) is 0 Å². The highest BCUT2D eigenvalue weighted by atomic mass is 32.2. The molecular weight excluding hydrogens is 228 g/mol. The smallest absolute Gasteiger partial charge is 0.188 e. The van der Waals surface area contributed by atoms with Crippen LogP contribution in [0, 0.1) is 20.8 Å². The number of aryl methyl sites for hydroxylation is 3. The van der Waals surface area contributed by atoms with Gasteiger partial charge in [0.15, 0.2) is 5.16 Å². The molecule has 0 N–H and O–H groups in total. The summed E-state index contributed by atoms with van der Waals surface area (Å²) in [7, 11) is 0. The van der Waals surface area contributed by atoms with Crippen molar-refractivity contribution in [1.29, 1.82) is 0 Å². The van der Waals surface area contributed by atoms with Gasteiger partial charge in [-0.1, -0.05) is 35.5 Å². The third-order valence-electron chi connectivity index (χ3n) is 2.63. The summed E-state index contributed by atoms with van der Waals surface area (Å²) in [6.45, 7) is 6.26. The maximum absolute atomic E-state index is 4.39. The number of benzene rings is 1. The van der Waals surface area contributed by atoms with Crippen LogP contribution >= 0.6 is 11.8 Å². The molecule has 0 bridgehead atoms. The van der Waals surface area contributed by atoms with E-state index in [1.54, 1.807) is 11.8 Å². The van der Waals surface area contributed by atoms with Crippen molar-refractivity contribution in [3.05, 3.63) is 52.8 Å². The van der Waals surface area contributed by atoms with Crippen LogP contribution in [0.15, 0.2) is 35.6 Å². The summed E-state index contributed by atoms with van der Waals surface area (Å²) >= 11 is 1.69. The van der Waals surface area contributed by atoms with Gasteiger partial charge in [-0.3, -0.25) is 0 Å². The van der Waals surface area contributed by atoms with E-state index < -0.39 is 0 Å². The van der Waals surface area contributed by atoms with Gasteiger partial charge in [-0.2, -0.15) is 0 Å². The molecule has 0 aliphatic carbocycles. The second-order valence-electron chi connectivity index (χ2n) is 4.20. The lowest BCUT2D eigenvalue weighted by Gasteiger charge is -2.06. The Morgan fingerprint density at radius 3 is 2.71 bits per heavy atom. The second kappa shape index (κ2) is 5.32. The first kappa shape index (κ1) is 12.1. The third-order valence-corrected chi connectivity index (χ3v) is 3.54. The zero-order valence-corrected chi connectivity index (χ0v) is 11.2. The minimum atomic E-state index is 0.853. The number of hydrogen-bond acceptors (Lipinski definition) is 3. The van der Waals surface area contributed by atoms with E-state index in [-0.39, 0.29) is 0 Å². The summed E-state index contributed by atoms with van der Waals surface area (Å²) in [5.74, 6) is 0.928. The SMILES string of the molecule is Cc1ccc(C)c(CSc2nccc(C)n2)c1. The summed E-state index contributed by atoms with van der Waals surface area (Å²) in [6, 6.07) is 8.47. The molecule has 0 saturated heterocycles. The molecule has 17 heavy (non-hydrogen) atoms. The van der Waals surface area contributed by atoms with Crippen LogP contribution in [0.25, 0.3) is 0 Å². The monoisotopic (exact) mass is 244 g/mol. The fourth-order valence-corrected chi connectivity index (χ4v) is 2.53. The number of aromatic nitrogens is 2. The molecule has 88 valence electrons. The van der Waals surface area contributed by atoms with Crippen LogP contribution in [0.2, 0.25) is 0 Å². The van der Waals surface area contributed by atoms with Crippen molar-refractivity contribution in [2.24, 2.45) is 0 Å². The molecule has 2 rings (SSSR count). The molecule has 0 spiro atoms. The highest BCUT2D eigenvalue weighted by Crippen LogP contribution is 2.22. The summed E-state index contributed by atoms with van der Waals surface area (Å²) in [5, 5.41) is 0.853. The van der Waals surface area contributed by atoms with Crippen molar-refractivity contribution >= 4 is 11.8 Å². The first-order chi connectivity index (χ1) is 8.15. The maximum atomic E-state index is 4.39. The number of hydrogen-bond donors (Lipinski definition) is 0. The fraction of sp³-hybridized carbons (Fsp3) is 0.286. The van der Waals surface area contributed by atoms with Crippen molar-refractivity contribution in [3.63, 3.8) is 0 Å². The van der Waals surface area contributed by atoms with Crippen LogP contribution in [0.4, 0.5) is 0 Å². The summed E-state index contributed by atoms with van der Waals surface area (Å²) in [6.07, 6.45) is 1.81. The normalized spacial score (nSPS) is 10.5. The molecule has 0 radical (unpaired) electrons. The Bertz CT molecular complexity index is 523. The molecule has 2 nitrogen and oxygen atoms in total. The lowest BCUT2D eigenvalue weighted by molar-refractivity contribution is 0.931. The topological polar surface area (TPSA) is 25.8 Å². The first-order valence-electron chi connectivity index (χ1n) is 5.64. The minimum Gasteiger partial charge on any atom is -0.231 e. The molecule has 1 aromatic carbocycles. The Kier molecular flexibility index (Phi) is 3.79. The number of nitrogens with zero attached hydrogens (tertiary/aromatic N) is 2. The van der Waals surface area contributed by atoms with Crippen LogP contribution in [-0.4, -0.2) is 9.97 Å². The van der Waals surface area contributed by atoms with Gasteiger partial charge in [0.2, 0.25) is 0 Å². The highest BCUT2D eigenvalue weighted by molar-refractivity contribution is 7.98. The predicted molar refractivity (Wildman–Crippen MR) is 72.2 cm³/mol. The van der Waals surface area contributed by atoms with Crippen LogP contribution in [0.3, 0.4) is 0 Å². The van der Waals surface area contributed by atoms with Gasteiger partial charge in [-0.25, -0.2) is 9.97 Å². The standard InChI is InChI=1S/C14H16N2S/c1-10-4-5-11(2)13(8-10)9-17-14-15-7-6-12(3)16-14/h4-8H,9H2,1-3H3. The molecule has 0 unspecified atom stereocenters. The molecule has 0 aliphatic heterocycles. The van der Waals surface area contributed by atoms with E-state index in [1.165, 1.54) is 16.7 Å². The zero-order valence-electron chi connectivity index (χ0n) is 10.4. The second-order valence-corrected chi connectivity index (χ2v) is 5.14. The molecular formula is C14H16N2S. The Morgan fingerprint density at radius 2 is 1.94 bits per heavy atom. The van der Waals surface area contributed by atoms with E-state index in [9.17, 15) is 0 Å². The number of thioether (sulfide) groups is 1. The van der Waals surface area contributed by atoms with Crippen LogP contribution < -0.4 is 0 Å². The number of rotatable bonds is 3. The molecule has 0 amide bonds. The van der Waals surface area contributed by atoms with Gasteiger partial charge in [-0.15, -0.1) is 0 Å². The van der Waals surface area contributed by atoms with Crippen molar-refractivity contribution < 1.29 is 0 Å². The molecule has 1 aromatic heterocycles. The maximum Gasteiger partial charge on any atom is 0.188 e. The van der Waals surface area contributed by atoms with E-state index in [0.29, 0.717) is 0 Å². The van der Waals surface area contributed by atoms with Crippen molar-refractivity contribution in [2.75, 3.05) is 0 Å². The van der Waals surface area contributed by atoms with Gasteiger partial charge in [-0.05, 0) is 38.0 Å². The fourth-order valence-electron chi connectivity index (χ4n) is 1.59. The van der Waals surface area contributed by atoms with Crippen molar-refractivity contribution in [3.8, 4) is 0 Å². The third kappa shape index (κ3) is 3.30. The first-order valence-corrected chi connectivity index (χ1v) is 6.62. The Balaban J connectivity index is 2.09. The van der Waals surface area contributed by atoms with Gasteiger partial charge in [0, 0.05) is 17.6 Å². The molecule has 2 aromatic rings. The average molecular weight is 244 g/mol. The van der Waals surface area contributed by atoms with Crippen LogP contribution in [0.5, 0.6) is 0 Å². The quantitative estimate of drug-likeness (QED) is 0.608. The molecule has 3 heteroatoms. The van der Waals surface area contributed by atoms with Gasteiger partial charge in [0.1, 0.15) is 0 Å². The summed E-state index contributed by atoms with van der Waals surface area (Å²) in [4.78, 5) is 8.65. The average Bonchev–Trinajstić information content (AvgIpc) is 2.30. The molecule has 0 aliphatic rings. The van der Waals surface area contributed by atoms with Crippen LogP contribution in [0.1, 0.15) is 22.4 Å². The van der Waals surface area contributed by atoms with Crippen LogP contribution in [-0.2, 0) is 5.75 Å². The van der Waals surface area contributed by atoms with E-state index in [4.69, 9.17) is 0 Å². The summed E-state index contributed by atoms with van der Waals surface area (Å²) < 4.78 is 0. The molecule has 1 heterocycles. The summed E-state index contributed by atoms with van der Waals surface area (Å²) in [5.41, 5.74) is 5.01. The van der Waals surface area contributed by atoms with Gasteiger partial charge >= 0.3 is 0 Å². The predicted octanol–water partition coefficient (Wildman–Crippen LogP) is 3.69. The molecule has 0 atom stereocenters. The Hall–Kier alpha value is -1.35. The largest absolute Gasteiger partial charge is 0.231 e. The van der Waals surface area contributed by atoms with Crippen molar-refractivity contribution in [2.45, 2.75) is 31.7 Å². The molecule has 0 fully saturated rings. The van der Waals surface area contributed by atoms with Crippen molar-refractivity contribution in [1.82, 2.24) is 9.97 Å². The van der Waals surface area contributed by atoms with E-state index >= 15 is 0 Å². The lowest BCUT2D eigenvalue weighted by atomic mass is 10.1. The van der Waals surface area contributed by atoms with E-state index in [0.717, 1.165) is 16.6 Å². The van der Waals surface area contributed by atoms with Gasteiger partial charge < -0.3 is 0 Å². The van der Waals surface area contributed by atoms with Gasteiger partial charge in [0.05, 0.1) is 0 Å². The van der Waals surface area contributed by atoms with E-state index in [1.807, 2.05) is 19.2 Å². The lowest BCUT2D eigenvalue weighted by Crippen LogP contribution is -1.91. The Labute approximate surface area is 107 Å². The minimum absolute atomic E-state index is 0.853. The van der Waals surface area contributed by atoms with E-state index in [2.05, 4.69) is 42.0 Å². The zero-order chi connectivity index (χ0) is 12.3. The highest BCUT2D eigenvalue weighted by Gasteiger charge is 2.02.